The Bertz CT molecular complexity index is 293. The number of Topliss-reactive ketones (excluding diaryl/α,β-unsaturated/α-hetero) is 1. The Kier molecular flexibility index (Phi) is 3.12. The molecule has 84 valence electrons. The molecule has 5 nitrogen and oxygen atoms in total. The average molecular weight is 214 g/mol. The van der Waals surface area contributed by atoms with Crippen molar-refractivity contribution >= 4 is 17.7 Å². The number of aliphatic carboxylic acids is 2. The quantitative estimate of drug-likeness (QED) is 0.679. The molecule has 0 aliphatic heterocycles. The third-order valence-corrected chi connectivity index (χ3v) is 3.12. The van der Waals surface area contributed by atoms with Crippen molar-refractivity contribution < 1.29 is 24.6 Å². The van der Waals surface area contributed by atoms with E-state index in [-0.39, 0.29) is 18.6 Å². The summed E-state index contributed by atoms with van der Waals surface area (Å²) in [5, 5.41) is 18.1. The highest BCUT2D eigenvalue weighted by molar-refractivity contribution is 5.99. The maximum Gasteiger partial charge on any atom is 0.321 e. The lowest BCUT2D eigenvalue weighted by molar-refractivity contribution is -0.167. The highest BCUT2D eigenvalue weighted by atomic mass is 16.4. The van der Waals surface area contributed by atoms with Crippen molar-refractivity contribution in [2.24, 2.45) is 11.3 Å². The summed E-state index contributed by atoms with van der Waals surface area (Å²) in [6, 6.07) is 0. The molecule has 1 aliphatic carbocycles. The van der Waals surface area contributed by atoms with Gasteiger partial charge in [0.1, 0.15) is 5.78 Å². The number of carboxylic acid groups (broad SMARTS) is 2. The minimum atomic E-state index is -1.74. The van der Waals surface area contributed by atoms with Crippen LogP contribution in [-0.2, 0) is 14.4 Å². The number of rotatable bonds is 4. The van der Waals surface area contributed by atoms with Crippen molar-refractivity contribution in [2.45, 2.75) is 32.6 Å². The van der Waals surface area contributed by atoms with E-state index in [1.165, 1.54) is 6.92 Å². The number of carboxylic acids is 2. The summed E-state index contributed by atoms with van der Waals surface area (Å²) in [7, 11) is 0. The van der Waals surface area contributed by atoms with Crippen LogP contribution in [0.1, 0.15) is 32.6 Å². The summed E-state index contributed by atoms with van der Waals surface area (Å²) in [5.41, 5.74) is -1.74. The molecule has 1 rings (SSSR count). The van der Waals surface area contributed by atoms with E-state index in [2.05, 4.69) is 0 Å². The number of carbonyl (C=O) groups is 3. The Hall–Kier alpha value is -1.39. The van der Waals surface area contributed by atoms with Crippen LogP contribution in [0, 0.1) is 11.3 Å². The third-order valence-electron chi connectivity index (χ3n) is 3.12. The largest absolute Gasteiger partial charge is 0.480 e. The molecule has 0 aromatic rings. The van der Waals surface area contributed by atoms with Gasteiger partial charge in [0.15, 0.2) is 5.41 Å². The predicted octanol–water partition coefficient (Wildman–Crippen LogP) is 0.921. The highest BCUT2D eigenvalue weighted by Gasteiger charge is 2.55. The second kappa shape index (κ2) is 4.00. The van der Waals surface area contributed by atoms with Crippen LogP contribution in [-0.4, -0.2) is 27.9 Å². The minimum Gasteiger partial charge on any atom is -0.480 e. The fourth-order valence-electron chi connectivity index (χ4n) is 2.36. The molecule has 0 aromatic carbocycles. The lowest BCUT2D eigenvalue weighted by Gasteiger charge is -2.25. The van der Waals surface area contributed by atoms with Crippen molar-refractivity contribution in [1.29, 1.82) is 0 Å². The van der Waals surface area contributed by atoms with Gasteiger partial charge in [-0.05, 0) is 25.7 Å². The highest BCUT2D eigenvalue weighted by Crippen LogP contribution is 2.45. The van der Waals surface area contributed by atoms with Crippen LogP contribution in [0.15, 0.2) is 0 Å². The van der Waals surface area contributed by atoms with Crippen molar-refractivity contribution in [3.63, 3.8) is 0 Å². The van der Waals surface area contributed by atoms with E-state index in [9.17, 15) is 14.4 Å². The molecule has 0 spiro atoms. The van der Waals surface area contributed by atoms with Gasteiger partial charge < -0.3 is 15.0 Å². The third kappa shape index (κ3) is 1.86. The number of carbonyl (C=O) groups excluding carboxylic acids is 1. The van der Waals surface area contributed by atoms with E-state index in [0.717, 1.165) is 0 Å². The van der Waals surface area contributed by atoms with Crippen LogP contribution in [0.4, 0.5) is 0 Å². The first-order valence-corrected chi connectivity index (χ1v) is 4.87. The van der Waals surface area contributed by atoms with Crippen LogP contribution >= 0.6 is 0 Å². The molecular weight excluding hydrogens is 200 g/mol. The second-order valence-electron chi connectivity index (χ2n) is 4.08. The lowest BCUT2D eigenvalue weighted by Crippen LogP contribution is -2.43. The molecule has 0 amide bonds. The maximum atomic E-state index is 11.1. The normalized spacial score (nSPS) is 23.7. The van der Waals surface area contributed by atoms with Crippen LogP contribution in [0.5, 0.6) is 0 Å². The van der Waals surface area contributed by atoms with Gasteiger partial charge in [-0.2, -0.15) is 0 Å². The molecule has 2 N–H and O–H groups in total. The first-order valence-electron chi connectivity index (χ1n) is 4.87. The Balaban J connectivity index is 3.00. The zero-order chi connectivity index (χ0) is 11.6. The maximum absolute atomic E-state index is 11.1. The van der Waals surface area contributed by atoms with Gasteiger partial charge in [-0.25, -0.2) is 0 Å². The number of hydrogen-bond donors (Lipinski definition) is 2. The van der Waals surface area contributed by atoms with Crippen molar-refractivity contribution in [1.82, 2.24) is 0 Å². The molecular formula is C10H14O5. The zero-order valence-corrected chi connectivity index (χ0v) is 8.52. The predicted molar refractivity (Wildman–Crippen MR) is 50.3 cm³/mol. The zero-order valence-electron chi connectivity index (χ0n) is 8.52. The second-order valence-corrected chi connectivity index (χ2v) is 4.08. The van der Waals surface area contributed by atoms with Gasteiger partial charge in [0, 0.05) is 6.42 Å². The Morgan fingerprint density at radius 1 is 1.27 bits per heavy atom. The first-order chi connectivity index (χ1) is 6.91. The van der Waals surface area contributed by atoms with Crippen molar-refractivity contribution in [2.75, 3.05) is 0 Å². The van der Waals surface area contributed by atoms with Crippen LogP contribution in [0.3, 0.4) is 0 Å². The lowest BCUT2D eigenvalue weighted by atomic mass is 9.75. The molecule has 15 heavy (non-hydrogen) atoms. The number of ketones is 1. The molecule has 1 unspecified atom stereocenters. The molecule has 0 radical (unpaired) electrons. The number of hydrogen-bond acceptors (Lipinski definition) is 3. The standard InChI is InChI=1S/C10H14O5/c1-6(11)5-7-3-2-4-10(7,8(12)13)9(14)15/h7H,2-5H2,1H3,(H,12,13)(H,14,15). The van der Waals surface area contributed by atoms with Gasteiger partial charge >= 0.3 is 11.9 Å². The summed E-state index contributed by atoms with van der Waals surface area (Å²) in [6.07, 6.45) is 1.21. The summed E-state index contributed by atoms with van der Waals surface area (Å²) in [6.45, 7) is 1.35. The smallest absolute Gasteiger partial charge is 0.321 e. The summed E-state index contributed by atoms with van der Waals surface area (Å²) < 4.78 is 0. The fraction of sp³-hybridized carbons (Fsp3) is 0.700. The van der Waals surface area contributed by atoms with Gasteiger partial charge in [-0.3, -0.25) is 9.59 Å². The average Bonchev–Trinajstić information content (AvgIpc) is 2.47. The molecule has 0 heterocycles. The molecule has 1 saturated carbocycles. The van der Waals surface area contributed by atoms with Gasteiger partial charge in [-0.1, -0.05) is 6.42 Å². The minimum absolute atomic E-state index is 0.0403. The van der Waals surface area contributed by atoms with Crippen LogP contribution < -0.4 is 0 Å². The Labute approximate surface area is 87.1 Å². The summed E-state index contributed by atoms with van der Waals surface area (Å²) in [4.78, 5) is 33.1. The van der Waals surface area contributed by atoms with E-state index < -0.39 is 23.3 Å². The van der Waals surface area contributed by atoms with E-state index in [0.29, 0.717) is 12.8 Å². The Morgan fingerprint density at radius 2 is 1.80 bits per heavy atom. The SMILES string of the molecule is CC(=O)CC1CCCC1(C(=O)O)C(=O)O. The topological polar surface area (TPSA) is 91.7 Å². The molecule has 1 aliphatic rings. The van der Waals surface area contributed by atoms with Crippen molar-refractivity contribution in [3.8, 4) is 0 Å². The van der Waals surface area contributed by atoms with Gasteiger partial charge in [0.2, 0.25) is 0 Å². The van der Waals surface area contributed by atoms with E-state index in [4.69, 9.17) is 10.2 Å². The first kappa shape index (κ1) is 11.7. The summed E-state index contributed by atoms with van der Waals surface area (Å²) in [5.74, 6) is -3.36. The van der Waals surface area contributed by atoms with E-state index >= 15 is 0 Å². The molecule has 0 saturated heterocycles. The molecule has 0 bridgehead atoms. The van der Waals surface area contributed by atoms with Crippen LogP contribution in [0.2, 0.25) is 0 Å². The molecule has 0 aromatic heterocycles. The van der Waals surface area contributed by atoms with Gasteiger partial charge in [0.25, 0.3) is 0 Å². The molecule has 5 heteroatoms. The fourth-order valence-corrected chi connectivity index (χ4v) is 2.36. The molecule has 1 fully saturated rings. The Morgan fingerprint density at radius 3 is 2.20 bits per heavy atom. The van der Waals surface area contributed by atoms with Crippen molar-refractivity contribution in [3.05, 3.63) is 0 Å². The molecule has 1 atom stereocenters. The van der Waals surface area contributed by atoms with E-state index in [1.807, 2.05) is 0 Å². The van der Waals surface area contributed by atoms with Gasteiger partial charge in [0.05, 0.1) is 0 Å². The van der Waals surface area contributed by atoms with E-state index in [1.54, 1.807) is 0 Å². The monoisotopic (exact) mass is 214 g/mol. The summed E-state index contributed by atoms with van der Waals surface area (Å²) >= 11 is 0. The van der Waals surface area contributed by atoms with Crippen LogP contribution in [0.25, 0.3) is 0 Å². The van der Waals surface area contributed by atoms with Gasteiger partial charge in [-0.15, -0.1) is 0 Å².